The van der Waals surface area contributed by atoms with Gasteiger partial charge in [0.05, 0.1) is 27.9 Å². The van der Waals surface area contributed by atoms with E-state index >= 15 is 0 Å². The lowest BCUT2D eigenvalue weighted by molar-refractivity contribution is -0.384. The molecule has 10 nitrogen and oxygen atoms in total. The van der Waals surface area contributed by atoms with Gasteiger partial charge in [0, 0.05) is 17.5 Å². The number of carbonyl (C=O) groups excluding carboxylic acids is 3. The van der Waals surface area contributed by atoms with Gasteiger partial charge in [0.25, 0.3) is 11.6 Å². The molecule has 0 radical (unpaired) electrons. The van der Waals surface area contributed by atoms with E-state index in [1.807, 2.05) is 30.3 Å². The summed E-state index contributed by atoms with van der Waals surface area (Å²) >= 11 is 0. The molecule has 0 aromatic heterocycles. The van der Waals surface area contributed by atoms with Gasteiger partial charge in [-0.15, -0.1) is 0 Å². The van der Waals surface area contributed by atoms with Crippen LogP contribution in [-0.2, 0) is 14.4 Å². The normalized spacial score (nSPS) is 19.3. The minimum Gasteiger partial charge on any atom is -0.423 e. The molecular weight excluding hydrogens is 562 g/mol. The Kier molecular flexibility index (Phi) is 6.60. The van der Waals surface area contributed by atoms with E-state index < -0.39 is 40.8 Å². The summed E-state index contributed by atoms with van der Waals surface area (Å²) in [5.41, 5.74) is 1.59. The zero-order valence-corrected chi connectivity index (χ0v) is 23.0. The number of nitrogens with zero attached hydrogens (tertiary/aromatic N) is 3. The molecule has 0 N–H and O–H groups in total. The Balaban J connectivity index is 1.27. The first-order valence-electron chi connectivity index (χ1n) is 13.8. The van der Waals surface area contributed by atoms with Crippen LogP contribution in [0, 0.1) is 16.0 Å². The van der Waals surface area contributed by atoms with Gasteiger partial charge in [0.1, 0.15) is 11.7 Å². The van der Waals surface area contributed by atoms with Crippen LogP contribution in [0.3, 0.4) is 0 Å². The number of non-ortho nitro benzene ring substituents is 1. The van der Waals surface area contributed by atoms with Gasteiger partial charge >= 0.3 is 5.97 Å². The molecule has 2 aliphatic rings. The Morgan fingerprint density at radius 1 is 0.795 bits per heavy atom. The number of hydrogen-bond acceptors (Lipinski definition) is 8. The Hall–Kier alpha value is -5.87. The number of fused-ring (bicyclic) bond motifs is 2. The number of hydrogen-bond donors (Lipinski definition) is 0. The maximum absolute atomic E-state index is 14.2. The number of rotatable bonds is 6. The summed E-state index contributed by atoms with van der Waals surface area (Å²) in [5, 5.41) is 14.6. The number of anilines is 2. The fourth-order valence-corrected chi connectivity index (χ4v) is 5.83. The van der Waals surface area contributed by atoms with Crippen LogP contribution >= 0.6 is 0 Å². The fourth-order valence-electron chi connectivity index (χ4n) is 5.83. The highest BCUT2D eigenvalue weighted by molar-refractivity contribution is 6.26. The topological polar surface area (TPSA) is 119 Å². The van der Waals surface area contributed by atoms with Crippen molar-refractivity contribution in [3.63, 3.8) is 0 Å². The first kappa shape index (κ1) is 27.0. The summed E-state index contributed by atoms with van der Waals surface area (Å²) in [6.45, 7) is 0. The van der Waals surface area contributed by atoms with Gasteiger partial charge in [0.15, 0.2) is 6.10 Å². The van der Waals surface area contributed by atoms with Gasteiger partial charge in [-0.1, -0.05) is 72.8 Å². The fraction of sp³-hybridized carbons (Fsp3) is 0.0882. The molecule has 216 valence electrons. The van der Waals surface area contributed by atoms with Gasteiger partial charge < -0.3 is 4.74 Å². The SMILES string of the molecule is O=C(Oc1ccc([C@H]2[C@H]3C(=O)N(c4cccc5ccccc45)C(=O)[C@H]3ON2c2cccc([N+](=O)[O-])c2)cc1)c1ccccc1. The van der Waals surface area contributed by atoms with Crippen molar-refractivity contribution in [1.29, 1.82) is 0 Å². The van der Waals surface area contributed by atoms with Crippen molar-refractivity contribution in [3.8, 4) is 5.75 Å². The minimum absolute atomic E-state index is 0.167. The van der Waals surface area contributed by atoms with Crippen molar-refractivity contribution in [2.45, 2.75) is 12.1 Å². The molecule has 5 aromatic carbocycles. The van der Waals surface area contributed by atoms with Gasteiger partial charge in [-0.05, 0) is 47.3 Å². The molecule has 2 fully saturated rings. The lowest BCUT2D eigenvalue weighted by atomic mass is 9.90. The second-order valence-corrected chi connectivity index (χ2v) is 10.4. The lowest BCUT2D eigenvalue weighted by Crippen LogP contribution is -2.37. The average Bonchev–Trinajstić information content (AvgIpc) is 3.57. The number of hydroxylamine groups is 1. The molecule has 0 bridgehead atoms. The third-order valence-electron chi connectivity index (χ3n) is 7.86. The van der Waals surface area contributed by atoms with Gasteiger partial charge in [-0.2, -0.15) is 0 Å². The van der Waals surface area contributed by atoms with E-state index in [-0.39, 0.29) is 11.4 Å². The number of ether oxygens (including phenoxy) is 1. The molecule has 10 heteroatoms. The highest BCUT2D eigenvalue weighted by atomic mass is 16.7. The lowest BCUT2D eigenvalue weighted by Gasteiger charge is -2.29. The van der Waals surface area contributed by atoms with Gasteiger partial charge in [-0.3, -0.25) is 24.5 Å². The zero-order valence-electron chi connectivity index (χ0n) is 23.0. The summed E-state index contributed by atoms with van der Waals surface area (Å²) in [6, 6.07) is 33.0. The van der Waals surface area contributed by atoms with E-state index in [9.17, 15) is 24.5 Å². The third kappa shape index (κ3) is 4.54. The van der Waals surface area contributed by atoms with E-state index in [2.05, 4.69) is 0 Å². The molecule has 2 aliphatic heterocycles. The summed E-state index contributed by atoms with van der Waals surface area (Å²) in [5.74, 6) is -2.18. The van der Waals surface area contributed by atoms with Crippen LogP contribution in [0.1, 0.15) is 22.0 Å². The molecule has 0 spiro atoms. The second-order valence-electron chi connectivity index (χ2n) is 10.4. The van der Waals surface area contributed by atoms with E-state index in [0.29, 0.717) is 22.5 Å². The summed E-state index contributed by atoms with van der Waals surface area (Å²) in [6.07, 6.45) is -1.17. The maximum atomic E-state index is 14.2. The molecule has 2 heterocycles. The van der Waals surface area contributed by atoms with E-state index in [1.54, 1.807) is 72.8 Å². The smallest absolute Gasteiger partial charge is 0.343 e. The summed E-state index contributed by atoms with van der Waals surface area (Å²) < 4.78 is 5.52. The molecule has 0 unspecified atom stereocenters. The average molecular weight is 586 g/mol. The maximum Gasteiger partial charge on any atom is 0.343 e. The quantitative estimate of drug-likeness (QED) is 0.0781. The van der Waals surface area contributed by atoms with E-state index in [1.165, 1.54) is 28.2 Å². The Labute approximate surface area is 250 Å². The van der Waals surface area contributed by atoms with E-state index in [0.717, 1.165) is 10.8 Å². The Bertz CT molecular complexity index is 1940. The molecule has 0 aliphatic carbocycles. The van der Waals surface area contributed by atoms with Crippen LogP contribution in [0.5, 0.6) is 5.75 Å². The molecular formula is C34H23N3O7. The van der Waals surface area contributed by atoms with Crippen molar-refractivity contribution in [3.05, 3.63) is 143 Å². The van der Waals surface area contributed by atoms with Crippen molar-refractivity contribution >= 4 is 45.6 Å². The molecule has 2 saturated heterocycles. The Morgan fingerprint density at radius 3 is 2.27 bits per heavy atom. The number of nitro benzene ring substituents is 1. The highest BCUT2D eigenvalue weighted by Crippen LogP contribution is 2.48. The largest absolute Gasteiger partial charge is 0.423 e. The number of amides is 2. The summed E-state index contributed by atoms with van der Waals surface area (Å²) in [7, 11) is 0. The number of benzene rings is 5. The summed E-state index contributed by atoms with van der Waals surface area (Å²) in [4.78, 5) is 59.0. The van der Waals surface area contributed by atoms with Crippen molar-refractivity contribution < 1.29 is 28.9 Å². The molecule has 3 atom stereocenters. The standard InChI is InChI=1S/C34H23N3O7/c38-32-29-30(22-16-18-26(19-17-22)43-34(40)23-9-2-1-3-10-23)36(24-12-7-13-25(20-24)37(41)42)44-31(29)33(39)35(32)28-15-6-11-21-8-4-5-14-27(21)28/h1-20,29-31H/t29-,30+,31+/m1/s1. The highest BCUT2D eigenvalue weighted by Gasteiger charge is 2.60. The number of carbonyl (C=O) groups is 3. The van der Waals surface area contributed by atoms with Crippen molar-refractivity contribution in [1.82, 2.24) is 0 Å². The van der Waals surface area contributed by atoms with Crippen LogP contribution in [0.2, 0.25) is 0 Å². The number of imide groups is 1. The molecule has 2 amide bonds. The van der Waals surface area contributed by atoms with Crippen LogP contribution in [-0.4, -0.2) is 28.8 Å². The van der Waals surface area contributed by atoms with Gasteiger partial charge in [0.2, 0.25) is 5.91 Å². The van der Waals surface area contributed by atoms with Crippen LogP contribution in [0.4, 0.5) is 17.1 Å². The molecule has 0 saturated carbocycles. The number of nitro groups is 1. The van der Waals surface area contributed by atoms with Crippen LogP contribution in [0.25, 0.3) is 10.8 Å². The van der Waals surface area contributed by atoms with Crippen LogP contribution in [0.15, 0.2) is 121 Å². The predicted octanol–water partition coefficient (Wildman–Crippen LogP) is 6.02. The van der Waals surface area contributed by atoms with E-state index in [4.69, 9.17) is 9.57 Å². The minimum atomic E-state index is -1.17. The molecule has 5 aromatic rings. The number of esters is 1. The molecule has 44 heavy (non-hydrogen) atoms. The Morgan fingerprint density at radius 2 is 1.50 bits per heavy atom. The van der Waals surface area contributed by atoms with Crippen LogP contribution < -0.4 is 14.7 Å². The van der Waals surface area contributed by atoms with Gasteiger partial charge in [-0.25, -0.2) is 14.8 Å². The first-order valence-corrected chi connectivity index (χ1v) is 13.8. The monoisotopic (exact) mass is 585 g/mol. The first-order chi connectivity index (χ1) is 21.4. The third-order valence-corrected chi connectivity index (χ3v) is 7.86. The zero-order chi connectivity index (χ0) is 30.4. The predicted molar refractivity (Wildman–Crippen MR) is 161 cm³/mol. The molecule has 7 rings (SSSR count). The second kappa shape index (κ2) is 10.8. The van der Waals surface area contributed by atoms with Crippen molar-refractivity contribution in [2.75, 3.05) is 9.96 Å². The van der Waals surface area contributed by atoms with Crippen molar-refractivity contribution in [2.24, 2.45) is 5.92 Å².